The van der Waals surface area contributed by atoms with Gasteiger partial charge in [0, 0.05) is 30.9 Å². The van der Waals surface area contributed by atoms with Gasteiger partial charge in [0.05, 0.1) is 0 Å². The lowest BCUT2D eigenvalue weighted by atomic mass is 10.2. The summed E-state index contributed by atoms with van der Waals surface area (Å²) in [6.45, 7) is 0. The van der Waals surface area contributed by atoms with Gasteiger partial charge in [-0.05, 0) is 95.5 Å². The minimum atomic E-state index is -0.369. The monoisotopic (exact) mass is 542 g/mol. The number of carbonyl (C=O) groups is 1. The van der Waals surface area contributed by atoms with Gasteiger partial charge in [0.15, 0.2) is 5.11 Å². The molecule has 28 heavy (non-hydrogen) atoms. The molecule has 4 nitrogen and oxygen atoms in total. The van der Waals surface area contributed by atoms with E-state index in [2.05, 4.69) is 33.2 Å². The molecule has 2 N–H and O–H groups in total. The van der Waals surface area contributed by atoms with Crippen LogP contribution in [-0.4, -0.2) is 11.0 Å². The number of hydrogen-bond donors (Lipinski definition) is 2. The van der Waals surface area contributed by atoms with Crippen LogP contribution in [0, 0.1) is 3.57 Å². The molecule has 142 valence electrons. The van der Waals surface area contributed by atoms with Crippen LogP contribution >= 0.6 is 58.0 Å². The average Bonchev–Trinajstić information content (AvgIpc) is 3.10. The smallest absolute Gasteiger partial charge is 0.250 e. The van der Waals surface area contributed by atoms with Crippen molar-refractivity contribution in [1.82, 2.24) is 5.32 Å². The van der Waals surface area contributed by atoms with E-state index in [0.29, 0.717) is 21.6 Å². The van der Waals surface area contributed by atoms with Crippen LogP contribution < -0.4 is 10.6 Å². The highest BCUT2D eigenvalue weighted by Gasteiger charge is 2.07. The van der Waals surface area contributed by atoms with Crippen LogP contribution in [0.15, 0.2) is 65.1 Å². The van der Waals surface area contributed by atoms with Crippen molar-refractivity contribution in [3.63, 3.8) is 0 Å². The molecule has 0 aliphatic carbocycles. The Balaban J connectivity index is 1.59. The predicted molar refractivity (Wildman–Crippen MR) is 127 cm³/mol. The van der Waals surface area contributed by atoms with E-state index >= 15 is 0 Å². The standard InChI is InChI=1S/C20H13Cl2IN2O2S/c21-13-9-12(10-14(22)11-13)18-7-5-17(27-18)6-8-19(26)25-20(28)24-16-3-1-15(23)2-4-16/h1-11H,(H2,24,25,26,28)/b8-6+. The van der Waals surface area contributed by atoms with Gasteiger partial charge in [0.25, 0.3) is 0 Å². The third-order valence-corrected chi connectivity index (χ3v) is 4.87. The van der Waals surface area contributed by atoms with Crippen molar-refractivity contribution in [2.45, 2.75) is 0 Å². The van der Waals surface area contributed by atoms with Gasteiger partial charge in [-0.1, -0.05) is 23.2 Å². The molecule has 1 heterocycles. The minimum absolute atomic E-state index is 0.213. The lowest BCUT2D eigenvalue weighted by Crippen LogP contribution is -2.32. The number of hydrogen-bond acceptors (Lipinski definition) is 3. The second-order valence-corrected chi connectivity index (χ2v) is 8.17. The van der Waals surface area contributed by atoms with E-state index in [1.807, 2.05) is 24.3 Å². The molecule has 0 aliphatic rings. The normalized spacial score (nSPS) is 10.8. The van der Waals surface area contributed by atoms with E-state index in [4.69, 9.17) is 39.8 Å². The van der Waals surface area contributed by atoms with E-state index in [-0.39, 0.29) is 11.0 Å². The summed E-state index contributed by atoms with van der Waals surface area (Å²) in [5.41, 5.74) is 1.55. The number of carbonyl (C=O) groups excluding carboxylic acids is 1. The number of amides is 1. The second kappa shape index (κ2) is 9.56. The van der Waals surface area contributed by atoms with Gasteiger partial charge in [0.2, 0.25) is 5.91 Å². The summed E-state index contributed by atoms with van der Waals surface area (Å²) in [7, 11) is 0. The maximum absolute atomic E-state index is 12.0. The van der Waals surface area contributed by atoms with Crippen molar-refractivity contribution in [2.24, 2.45) is 0 Å². The number of halogens is 3. The first kappa shape index (κ1) is 20.9. The average molecular weight is 543 g/mol. The highest BCUT2D eigenvalue weighted by molar-refractivity contribution is 14.1. The van der Waals surface area contributed by atoms with Crippen LogP contribution in [0.3, 0.4) is 0 Å². The molecule has 0 fully saturated rings. The lowest BCUT2D eigenvalue weighted by molar-refractivity contribution is -0.115. The van der Waals surface area contributed by atoms with E-state index in [1.54, 1.807) is 36.4 Å². The first-order chi connectivity index (χ1) is 13.4. The fraction of sp³-hybridized carbons (Fsp3) is 0. The Morgan fingerprint density at radius 2 is 1.71 bits per heavy atom. The third-order valence-electron chi connectivity index (χ3n) is 3.51. The molecule has 3 aromatic rings. The van der Waals surface area contributed by atoms with Crippen molar-refractivity contribution in [3.8, 4) is 11.3 Å². The van der Waals surface area contributed by atoms with Gasteiger partial charge in [-0.3, -0.25) is 10.1 Å². The summed E-state index contributed by atoms with van der Waals surface area (Å²) in [6, 6.07) is 16.3. The Hall–Kier alpha value is -1.87. The van der Waals surface area contributed by atoms with Gasteiger partial charge in [-0.2, -0.15) is 0 Å². The molecule has 3 rings (SSSR count). The van der Waals surface area contributed by atoms with Crippen molar-refractivity contribution >= 4 is 80.8 Å². The van der Waals surface area contributed by atoms with Crippen LogP contribution in [0.1, 0.15) is 5.76 Å². The Morgan fingerprint density at radius 1 is 1.04 bits per heavy atom. The van der Waals surface area contributed by atoms with E-state index < -0.39 is 0 Å². The molecule has 0 atom stereocenters. The number of rotatable bonds is 4. The fourth-order valence-corrected chi connectivity index (χ4v) is 3.40. The van der Waals surface area contributed by atoms with Crippen LogP contribution in [0.25, 0.3) is 17.4 Å². The fourth-order valence-electron chi connectivity index (χ4n) is 2.30. The maximum atomic E-state index is 12.0. The van der Waals surface area contributed by atoms with Crippen molar-refractivity contribution in [1.29, 1.82) is 0 Å². The molecule has 0 saturated heterocycles. The molecule has 2 aromatic carbocycles. The number of nitrogens with one attached hydrogen (secondary N) is 2. The molecule has 0 radical (unpaired) electrons. The topological polar surface area (TPSA) is 54.3 Å². The highest BCUT2D eigenvalue weighted by Crippen LogP contribution is 2.28. The Labute approximate surface area is 191 Å². The minimum Gasteiger partial charge on any atom is -0.457 e. The van der Waals surface area contributed by atoms with Crippen LogP contribution in [0.4, 0.5) is 5.69 Å². The zero-order valence-corrected chi connectivity index (χ0v) is 18.7. The number of benzene rings is 2. The molecular weight excluding hydrogens is 530 g/mol. The van der Waals surface area contributed by atoms with Gasteiger partial charge in [-0.25, -0.2) is 0 Å². The van der Waals surface area contributed by atoms with Gasteiger partial charge < -0.3 is 9.73 Å². The van der Waals surface area contributed by atoms with E-state index in [1.165, 1.54) is 6.08 Å². The molecule has 1 aromatic heterocycles. The predicted octanol–water partition coefficient (Wildman–Crippen LogP) is 6.38. The zero-order valence-electron chi connectivity index (χ0n) is 14.2. The summed E-state index contributed by atoms with van der Waals surface area (Å²) in [4.78, 5) is 12.0. The van der Waals surface area contributed by atoms with Gasteiger partial charge >= 0.3 is 0 Å². The number of furan rings is 1. The SMILES string of the molecule is O=C(/C=C/c1ccc(-c2cc(Cl)cc(Cl)c2)o1)NC(=S)Nc1ccc(I)cc1. The van der Waals surface area contributed by atoms with Crippen molar-refractivity contribution in [2.75, 3.05) is 5.32 Å². The molecule has 0 spiro atoms. The molecule has 8 heteroatoms. The second-order valence-electron chi connectivity index (χ2n) is 5.64. The van der Waals surface area contributed by atoms with E-state index in [0.717, 1.165) is 14.8 Å². The zero-order chi connectivity index (χ0) is 20.1. The summed E-state index contributed by atoms with van der Waals surface area (Å²) in [5.74, 6) is 0.741. The van der Waals surface area contributed by atoms with Crippen molar-refractivity contribution < 1.29 is 9.21 Å². The quantitative estimate of drug-likeness (QED) is 0.228. The summed E-state index contributed by atoms with van der Waals surface area (Å²) in [5, 5.41) is 6.78. The number of thiocarbonyl (C=S) groups is 1. The lowest BCUT2D eigenvalue weighted by Gasteiger charge is -2.07. The molecule has 1 amide bonds. The van der Waals surface area contributed by atoms with Gasteiger partial charge in [0.1, 0.15) is 11.5 Å². The Morgan fingerprint density at radius 3 is 2.39 bits per heavy atom. The summed E-state index contributed by atoms with van der Waals surface area (Å²) >= 11 is 19.4. The highest BCUT2D eigenvalue weighted by atomic mass is 127. The summed E-state index contributed by atoms with van der Waals surface area (Å²) < 4.78 is 6.82. The summed E-state index contributed by atoms with van der Waals surface area (Å²) in [6.07, 6.45) is 2.90. The van der Waals surface area contributed by atoms with Crippen LogP contribution in [0.2, 0.25) is 10.0 Å². The molecule has 0 aliphatic heterocycles. The Kier molecular flexibility index (Phi) is 7.12. The molecule has 0 unspecified atom stereocenters. The Bertz CT molecular complexity index is 1030. The largest absolute Gasteiger partial charge is 0.457 e. The molecular formula is C20H13Cl2IN2O2S. The van der Waals surface area contributed by atoms with Crippen molar-refractivity contribution in [3.05, 3.63) is 80.0 Å². The number of anilines is 1. The third kappa shape index (κ3) is 6.07. The van der Waals surface area contributed by atoms with E-state index in [9.17, 15) is 4.79 Å². The van der Waals surface area contributed by atoms with Crippen LogP contribution in [0.5, 0.6) is 0 Å². The van der Waals surface area contributed by atoms with Crippen LogP contribution in [-0.2, 0) is 4.79 Å². The van der Waals surface area contributed by atoms with Gasteiger partial charge in [-0.15, -0.1) is 0 Å². The first-order valence-electron chi connectivity index (χ1n) is 8.01. The maximum Gasteiger partial charge on any atom is 0.250 e. The first-order valence-corrected chi connectivity index (χ1v) is 10.3. The molecule has 0 saturated carbocycles. The molecule has 0 bridgehead atoms.